The molecule has 0 radical (unpaired) electrons. The van der Waals surface area contributed by atoms with Crippen LogP contribution in [0.4, 0.5) is 0 Å². The first kappa shape index (κ1) is 13.9. The molecule has 18 heavy (non-hydrogen) atoms. The summed E-state index contributed by atoms with van der Waals surface area (Å²) in [5.74, 6) is 0.376. The number of hydrogen-bond donors (Lipinski definition) is 1. The normalized spacial score (nSPS) is 25.3. The Morgan fingerprint density at radius 3 is 2.33 bits per heavy atom. The monoisotopic (exact) mass is 252 g/mol. The van der Waals surface area contributed by atoms with Crippen LogP contribution in [0.1, 0.15) is 64.7 Å². The van der Waals surface area contributed by atoms with E-state index in [1.165, 1.54) is 44.9 Å². The summed E-state index contributed by atoms with van der Waals surface area (Å²) in [6, 6.07) is 0.652. The third kappa shape index (κ3) is 3.47. The van der Waals surface area contributed by atoms with E-state index in [0.29, 0.717) is 11.9 Å². The number of hydrogen-bond acceptors (Lipinski definition) is 2. The lowest BCUT2D eigenvalue weighted by molar-refractivity contribution is -0.138. The molecule has 0 aromatic heterocycles. The average molecular weight is 252 g/mol. The van der Waals surface area contributed by atoms with Crippen molar-refractivity contribution in [3.05, 3.63) is 0 Å². The molecule has 1 heterocycles. The zero-order valence-corrected chi connectivity index (χ0v) is 11.8. The summed E-state index contributed by atoms with van der Waals surface area (Å²) >= 11 is 0. The first-order chi connectivity index (χ1) is 8.83. The van der Waals surface area contributed by atoms with Crippen molar-refractivity contribution in [1.29, 1.82) is 0 Å². The fourth-order valence-corrected chi connectivity index (χ4v) is 3.07. The topological polar surface area (TPSA) is 32.3 Å². The molecule has 1 N–H and O–H groups in total. The Labute approximate surface area is 111 Å². The van der Waals surface area contributed by atoms with Crippen LogP contribution in [0.3, 0.4) is 0 Å². The van der Waals surface area contributed by atoms with E-state index in [1.807, 2.05) is 0 Å². The zero-order chi connectivity index (χ0) is 12.8. The van der Waals surface area contributed by atoms with E-state index in [-0.39, 0.29) is 6.04 Å². The van der Waals surface area contributed by atoms with Crippen molar-refractivity contribution < 1.29 is 4.79 Å². The molecule has 0 aromatic rings. The fourth-order valence-electron chi connectivity index (χ4n) is 3.07. The van der Waals surface area contributed by atoms with Crippen LogP contribution in [0.5, 0.6) is 0 Å². The number of carbonyl (C=O) groups is 1. The molecule has 1 atom stereocenters. The van der Waals surface area contributed by atoms with Crippen LogP contribution in [-0.2, 0) is 4.79 Å². The molecule has 1 saturated heterocycles. The lowest BCUT2D eigenvalue weighted by atomic mass is 10.0. The van der Waals surface area contributed by atoms with E-state index in [2.05, 4.69) is 17.1 Å². The van der Waals surface area contributed by atoms with Gasteiger partial charge < -0.3 is 10.2 Å². The largest absolute Gasteiger partial charge is 0.338 e. The molecule has 3 heteroatoms. The zero-order valence-electron chi connectivity index (χ0n) is 11.8. The van der Waals surface area contributed by atoms with Crippen LogP contribution in [-0.4, -0.2) is 36.0 Å². The lowest BCUT2D eigenvalue weighted by Gasteiger charge is -2.37. The van der Waals surface area contributed by atoms with E-state index in [0.717, 1.165) is 25.9 Å². The second-order valence-electron chi connectivity index (χ2n) is 5.83. The molecule has 2 fully saturated rings. The minimum atomic E-state index is 0.130. The third-order valence-electron chi connectivity index (χ3n) is 4.42. The first-order valence-electron chi connectivity index (χ1n) is 7.86. The Morgan fingerprint density at radius 1 is 1.17 bits per heavy atom. The van der Waals surface area contributed by atoms with Crippen molar-refractivity contribution in [1.82, 2.24) is 10.2 Å². The van der Waals surface area contributed by atoms with Crippen molar-refractivity contribution in [3.63, 3.8) is 0 Å². The first-order valence-corrected chi connectivity index (χ1v) is 7.86. The number of nitrogens with zero attached hydrogens (tertiary/aromatic N) is 1. The minimum absolute atomic E-state index is 0.130. The highest BCUT2D eigenvalue weighted by molar-refractivity contribution is 5.83. The summed E-state index contributed by atoms with van der Waals surface area (Å²) < 4.78 is 0. The Morgan fingerprint density at radius 2 is 1.83 bits per heavy atom. The molecule has 0 aromatic carbocycles. The van der Waals surface area contributed by atoms with Gasteiger partial charge in [-0.05, 0) is 32.2 Å². The molecule has 2 aliphatic rings. The summed E-state index contributed by atoms with van der Waals surface area (Å²) in [7, 11) is 0. The predicted octanol–water partition coefficient (Wildman–Crippen LogP) is 2.70. The molecule has 2 rings (SSSR count). The van der Waals surface area contributed by atoms with Gasteiger partial charge in [-0.1, -0.05) is 39.0 Å². The molecule has 0 unspecified atom stereocenters. The van der Waals surface area contributed by atoms with Crippen LogP contribution in [0, 0.1) is 0 Å². The molecular formula is C15H28N2O. The maximum atomic E-state index is 12.5. The van der Waals surface area contributed by atoms with Gasteiger partial charge in [-0.25, -0.2) is 0 Å². The van der Waals surface area contributed by atoms with Gasteiger partial charge in [-0.15, -0.1) is 0 Å². The summed E-state index contributed by atoms with van der Waals surface area (Å²) in [6.45, 7) is 4.19. The smallest absolute Gasteiger partial charge is 0.240 e. The Bertz CT molecular complexity index is 255. The van der Waals surface area contributed by atoms with Gasteiger partial charge in [0, 0.05) is 12.6 Å². The molecule has 0 bridgehead atoms. The molecule has 104 valence electrons. The predicted molar refractivity (Wildman–Crippen MR) is 74.5 cm³/mol. The summed E-state index contributed by atoms with van der Waals surface area (Å²) in [5.41, 5.74) is 0. The van der Waals surface area contributed by atoms with E-state index in [9.17, 15) is 4.79 Å². The maximum absolute atomic E-state index is 12.5. The quantitative estimate of drug-likeness (QED) is 0.763. The van der Waals surface area contributed by atoms with Gasteiger partial charge in [0.2, 0.25) is 5.91 Å². The lowest BCUT2D eigenvalue weighted by Crippen LogP contribution is -2.56. The summed E-state index contributed by atoms with van der Waals surface area (Å²) in [4.78, 5) is 14.7. The Balaban J connectivity index is 1.95. The third-order valence-corrected chi connectivity index (χ3v) is 4.42. The van der Waals surface area contributed by atoms with Crippen molar-refractivity contribution >= 4 is 5.91 Å². The highest BCUT2D eigenvalue weighted by Crippen LogP contribution is 2.24. The van der Waals surface area contributed by atoms with Gasteiger partial charge in [0.15, 0.2) is 0 Å². The summed E-state index contributed by atoms with van der Waals surface area (Å²) in [6.07, 6.45) is 11.1. The number of nitrogens with one attached hydrogen (secondary N) is 1. The fraction of sp³-hybridized carbons (Fsp3) is 0.933. The van der Waals surface area contributed by atoms with E-state index in [4.69, 9.17) is 0 Å². The highest BCUT2D eigenvalue weighted by Gasteiger charge is 2.32. The SMILES string of the molecule is CCCCN(C(=O)[C@@H]1CCN1)C1CCCCCC1. The number of unbranched alkanes of at least 4 members (excludes halogenated alkanes) is 1. The van der Waals surface area contributed by atoms with Crippen LogP contribution in [0.2, 0.25) is 0 Å². The number of carbonyl (C=O) groups excluding carboxylic acids is 1. The van der Waals surface area contributed by atoms with Crippen LogP contribution in [0.25, 0.3) is 0 Å². The van der Waals surface area contributed by atoms with Gasteiger partial charge in [0.25, 0.3) is 0 Å². The van der Waals surface area contributed by atoms with Crippen LogP contribution < -0.4 is 5.32 Å². The molecule has 1 aliphatic heterocycles. The van der Waals surface area contributed by atoms with E-state index < -0.39 is 0 Å². The molecule has 3 nitrogen and oxygen atoms in total. The van der Waals surface area contributed by atoms with E-state index >= 15 is 0 Å². The minimum Gasteiger partial charge on any atom is -0.338 e. The maximum Gasteiger partial charge on any atom is 0.240 e. The van der Waals surface area contributed by atoms with Crippen molar-refractivity contribution in [2.75, 3.05) is 13.1 Å². The van der Waals surface area contributed by atoms with Gasteiger partial charge >= 0.3 is 0 Å². The number of rotatable bonds is 5. The van der Waals surface area contributed by atoms with Crippen molar-refractivity contribution in [2.45, 2.75) is 76.8 Å². The second-order valence-corrected chi connectivity index (χ2v) is 5.83. The van der Waals surface area contributed by atoms with Crippen LogP contribution >= 0.6 is 0 Å². The highest BCUT2D eigenvalue weighted by atomic mass is 16.2. The van der Waals surface area contributed by atoms with Crippen LogP contribution in [0.15, 0.2) is 0 Å². The summed E-state index contributed by atoms with van der Waals surface area (Å²) in [5, 5.41) is 3.27. The van der Waals surface area contributed by atoms with Gasteiger partial charge in [-0.2, -0.15) is 0 Å². The van der Waals surface area contributed by atoms with Gasteiger partial charge in [0.1, 0.15) is 0 Å². The molecule has 1 aliphatic carbocycles. The van der Waals surface area contributed by atoms with E-state index in [1.54, 1.807) is 0 Å². The van der Waals surface area contributed by atoms with Crippen molar-refractivity contribution in [2.24, 2.45) is 0 Å². The second kappa shape index (κ2) is 7.13. The molecule has 0 spiro atoms. The molecule has 1 amide bonds. The Hall–Kier alpha value is -0.570. The molecule has 1 saturated carbocycles. The number of amides is 1. The average Bonchev–Trinajstić information content (AvgIpc) is 2.56. The standard InChI is InChI=1S/C15H28N2O/c1-2-3-12-17(15(18)14-10-11-16-14)13-8-6-4-5-7-9-13/h13-14,16H,2-12H2,1H3/t14-/m0/s1. The van der Waals surface area contributed by atoms with Gasteiger partial charge in [0.05, 0.1) is 6.04 Å². The Kier molecular flexibility index (Phi) is 5.48. The van der Waals surface area contributed by atoms with Crippen molar-refractivity contribution in [3.8, 4) is 0 Å². The van der Waals surface area contributed by atoms with Gasteiger partial charge in [-0.3, -0.25) is 4.79 Å². The molecular weight excluding hydrogens is 224 g/mol.